The maximum atomic E-state index is 12.6. The predicted molar refractivity (Wildman–Crippen MR) is 75.9 cm³/mol. The van der Waals surface area contributed by atoms with Gasteiger partial charge < -0.3 is 5.32 Å². The summed E-state index contributed by atoms with van der Waals surface area (Å²) in [7, 11) is 0. The van der Waals surface area contributed by atoms with E-state index < -0.39 is 17.6 Å². The van der Waals surface area contributed by atoms with Crippen molar-refractivity contribution in [2.24, 2.45) is 0 Å². The lowest BCUT2D eigenvalue weighted by Gasteiger charge is -2.11. The molecular formula is C14H8Cl2F3NO. The summed E-state index contributed by atoms with van der Waals surface area (Å²) in [4.78, 5) is 12.0. The van der Waals surface area contributed by atoms with Crippen LogP contribution in [-0.2, 0) is 6.18 Å². The van der Waals surface area contributed by atoms with Gasteiger partial charge in [-0.15, -0.1) is 0 Å². The minimum Gasteiger partial charge on any atom is -0.319 e. The van der Waals surface area contributed by atoms with Gasteiger partial charge in [-0.25, -0.2) is 0 Å². The number of para-hydroxylation sites is 1. The Kier molecular flexibility index (Phi) is 4.44. The molecule has 0 aliphatic heterocycles. The Hall–Kier alpha value is -1.72. The van der Waals surface area contributed by atoms with Crippen molar-refractivity contribution in [3.63, 3.8) is 0 Å². The molecule has 0 bridgehead atoms. The molecule has 0 saturated carbocycles. The van der Waals surface area contributed by atoms with E-state index in [4.69, 9.17) is 23.2 Å². The number of halogens is 5. The lowest BCUT2D eigenvalue weighted by Crippen LogP contribution is -2.14. The van der Waals surface area contributed by atoms with Gasteiger partial charge in [0.1, 0.15) is 0 Å². The average molecular weight is 334 g/mol. The van der Waals surface area contributed by atoms with Crippen LogP contribution < -0.4 is 5.32 Å². The van der Waals surface area contributed by atoms with E-state index in [9.17, 15) is 18.0 Å². The molecule has 2 nitrogen and oxygen atoms in total. The van der Waals surface area contributed by atoms with Gasteiger partial charge in [0, 0.05) is 5.56 Å². The number of nitrogens with one attached hydrogen (secondary N) is 1. The molecule has 7 heteroatoms. The molecule has 21 heavy (non-hydrogen) atoms. The topological polar surface area (TPSA) is 29.1 Å². The van der Waals surface area contributed by atoms with Crippen LogP contribution in [0.2, 0.25) is 10.0 Å². The molecule has 2 aromatic rings. The summed E-state index contributed by atoms with van der Waals surface area (Å²) in [6.45, 7) is 0. The Morgan fingerprint density at radius 1 is 1.00 bits per heavy atom. The van der Waals surface area contributed by atoms with Gasteiger partial charge in [0.2, 0.25) is 0 Å². The number of hydrogen-bond donors (Lipinski definition) is 1. The molecule has 0 radical (unpaired) electrons. The number of alkyl halides is 3. The largest absolute Gasteiger partial charge is 0.416 e. The molecule has 0 spiro atoms. The highest BCUT2D eigenvalue weighted by Gasteiger charge is 2.30. The first-order valence-electron chi connectivity index (χ1n) is 5.71. The van der Waals surface area contributed by atoms with Crippen LogP contribution in [0.15, 0.2) is 42.5 Å². The van der Waals surface area contributed by atoms with Gasteiger partial charge in [0.25, 0.3) is 5.91 Å². The average Bonchev–Trinajstić information content (AvgIpc) is 2.42. The number of hydrogen-bond acceptors (Lipinski definition) is 1. The Morgan fingerprint density at radius 2 is 1.57 bits per heavy atom. The monoisotopic (exact) mass is 333 g/mol. The van der Waals surface area contributed by atoms with Crippen molar-refractivity contribution in [3.05, 3.63) is 63.6 Å². The Labute approximate surface area is 128 Å². The third-order valence-electron chi connectivity index (χ3n) is 2.65. The number of carbonyl (C=O) groups is 1. The van der Waals surface area contributed by atoms with Gasteiger partial charge in [-0.3, -0.25) is 4.79 Å². The second-order valence-electron chi connectivity index (χ2n) is 4.13. The summed E-state index contributed by atoms with van der Waals surface area (Å²) >= 11 is 11.8. The Morgan fingerprint density at radius 3 is 2.14 bits per heavy atom. The van der Waals surface area contributed by atoms with E-state index in [-0.39, 0.29) is 21.3 Å². The molecular weight excluding hydrogens is 326 g/mol. The minimum absolute atomic E-state index is 0.138. The summed E-state index contributed by atoms with van der Waals surface area (Å²) in [6.07, 6.45) is -4.52. The van der Waals surface area contributed by atoms with E-state index in [1.54, 1.807) is 6.07 Å². The first kappa shape index (κ1) is 15.7. The van der Waals surface area contributed by atoms with E-state index in [0.29, 0.717) is 0 Å². The Bertz CT molecular complexity index is 666. The molecule has 0 unspecified atom stereocenters. The first-order chi connectivity index (χ1) is 9.79. The van der Waals surface area contributed by atoms with Gasteiger partial charge in [-0.1, -0.05) is 35.3 Å². The summed E-state index contributed by atoms with van der Waals surface area (Å²) in [5.74, 6) is -0.726. The number of rotatable bonds is 2. The van der Waals surface area contributed by atoms with Crippen LogP contribution in [0.4, 0.5) is 18.9 Å². The molecule has 1 amide bonds. The molecule has 0 heterocycles. The molecule has 0 aromatic heterocycles. The van der Waals surface area contributed by atoms with Gasteiger partial charge in [-0.2, -0.15) is 13.2 Å². The van der Waals surface area contributed by atoms with E-state index in [1.807, 2.05) is 0 Å². The summed E-state index contributed by atoms with van der Waals surface area (Å²) < 4.78 is 37.8. The molecule has 0 saturated heterocycles. The van der Waals surface area contributed by atoms with Gasteiger partial charge in [0.05, 0.1) is 21.3 Å². The zero-order valence-corrected chi connectivity index (χ0v) is 11.9. The van der Waals surface area contributed by atoms with Crippen LogP contribution in [0.5, 0.6) is 0 Å². The van der Waals surface area contributed by atoms with Crippen LogP contribution in [-0.4, -0.2) is 5.91 Å². The van der Waals surface area contributed by atoms with Gasteiger partial charge in [0.15, 0.2) is 0 Å². The number of anilines is 1. The molecule has 0 aliphatic carbocycles. The molecule has 1 N–H and O–H groups in total. The second-order valence-corrected chi connectivity index (χ2v) is 4.94. The molecule has 0 atom stereocenters. The smallest absolute Gasteiger partial charge is 0.319 e. The van der Waals surface area contributed by atoms with Crippen molar-refractivity contribution in [2.75, 3.05) is 5.32 Å². The van der Waals surface area contributed by atoms with Crippen molar-refractivity contribution in [3.8, 4) is 0 Å². The van der Waals surface area contributed by atoms with Crippen LogP contribution >= 0.6 is 23.2 Å². The van der Waals surface area contributed by atoms with E-state index in [2.05, 4.69) is 5.32 Å². The lowest BCUT2D eigenvalue weighted by molar-refractivity contribution is -0.137. The SMILES string of the molecule is O=C(Nc1c(Cl)cccc1Cl)c1cccc(C(F)(F)F)c1. The van der Waals surface area contributed by atoms with Crippen molar-refractivity contribution >= 4 is 34.8 Å². The molecule has 110 valence electrons. The fourth-order valence-electron chi connectivity index (χ4n) is 1.64. The Balaban J connectivity index is 2.29. The van der Waals surface area contributed by atoms with Crippen LogP contribution in [0.25, 0.3) is 0 Å². The lowest BCUT2D eigenvalue weighted by atomic mass is 10.1. The standard InChI is InChI=1S/C14H8Cl2F3NO/c15-10-5-2-6-11(16)12(10)20-13(21)8-3-1-4-9(7-8)14(17,18)19/h1-7H,(H,20,21). The molecule has 0 fully saturated rings. The fraction of sp³-hybridized carbons (Fsp3) is 0.0714. The predicted octanol–water partition coefficient (Wildman–Crippen LogP) is 5.26. The number of benzene rings is 2. The highest BCUT2D eigenvalue weighted by atomic mass is 35.5. The van der Waals surface area contributed by atoms with Crippen molar-refractivity contribution in [1.29, 1.82) is 0 Å². The summed E-state index contributed by atoms with van der Waals surface area (Å²) in [6, 6.07) is 8.69. The fourth-order valence-corrected chi connectivity index (χ4v) is 2.13. The quantitative estimate of drug-likeness (QED) is 0.797. The number of amides is 1. The van der Waals surface area contributed by atoms with Crippen molar-refractivity contribution < 1.29 is 18.0 Å². The van der Waals surface area contributed by atoms with Crippen LogP contribution in [0, 0.1) is 0 Å². The minimum atomic E-state index is -4.52. The van der Waals surface area contributed by atoms with E-state index in [0.717, 1.165) is 18.2 Å². The van der Waals surface area contributed by atoms with Crippen molar-refractivity contribution in [2.45, 2.75) is 6.18 Å². The zero-order chi connectivity index (χ0) is 15.6. The van der Waals surface area contributed by atoms with E-state index >= 15 is 0 Å². The summed E-state index contributed by atoms with van der Waals surface area (Å²) in [5.41, 5.74) is -0.885. The highest BCUT2D eigenvalue weighted by Crippen LogP contribution is 2.32. The van der Waals surface area contributed by atoms with Crippen LogP contribution in [0.3, 0.4) is 0 Å². The molecule has 0 aliphatic rings. The third kappa shape index (κ3) is 3.68. The van der Waals surface area contributed by atoms with Gasteiger partial charge in [-0.05, 0) is 30.3 Å². The van der Waals surface area contributed by atoms with E-state index in [1.165, 1.54) is 18.2 Å². The maximum absolute atomic E-state index is 12.6. The zero-order valence-electron chi connectivity index (χ0n) is 10.3. The third-order valence-corrected chi connectivity index (χ3v) is 3.28. The molecule has 2 aromatic carbocycles. The van der Waals surface area contributed by atoms with Gasteiger partial charge >= 0.3 is 6.18 Å². The number of carbonyl (C=O) groups excluding carboxylic acids is 1. The first-order valence-corrected chi connectivity index (χ1v) is 6.47. The second kappa shape index (κ2) is 5.95. The summed E-state index contributed by atoms with van der Waals surface area (Å²) in [5, 5.41) is 2.80. The van der Waals surface area contributed by atoms with Crippen molar-refractivity contribution in [1.82, 2.24) is 0 Å². The normalized spacial score (nSPS) is 11.3. The molecule has 2 rings (SSSR count). The maximum Gasteiger partial charge on any atom is 0.416 e. The van der Waals surface area contributed by atoms with Crippen LogP contribution in [0.1, 0.15) is 15.9 Å². The highest BCUT2D eigenvalue weighted by molar-refractivity contribution is 6.40.